The molecule has 84 valence electrons. The van der Waals surface area contributed by atoms with Crippen molar-refractivity contribution in [3.05, 3.63) is 28.8 Å². The lowest BCUT2D eigenvalue weighted by Crippen LogP contribution is -2.10. The van der Waals surface area contributed by atoms with Gasteiger partial charge in [-0.1, -0.05) is 11.6 Å². The first-order valence-corrected chi connectivity index (χ1v) is 5.47. The molecule has 0 atom stereocenters. The standard InChI is InChI=1S/C12H11ClO3/c1-7(14)12(15)8-2-5-10(13)11(6-8)16-9-3-4-9/h2,5-6,9H,3-4H2,1H3. The van der Waals surface area contributed by atoms with Crippen molar-refractivity contribution in [3.63, 3.8) is 0 Å². The number of halogens is 1. The highest BCUT2D eigenvalue weighted by Gasteiger charge is 2.25. The topological polar surface area (TPSA) is 43.4 Å². The summed E-state index contributed by atoms with van der Waals surface area (Å²) in [6, 6.07) is 4.64. The van der Waals surface area contributed by atoms with Gasteiger partial charge >= 0.3 is 0 Å². The van der Waals surface area contributed by atoms with Crippen molar-refractivity contribution < 1.29 is 14.3 Å². The summed E-state index contributed by atoms with van der Waals surface area (Å²) in [7, 11) is 0. The number of hydrogen-bond donors (Lipinski definition) is 0. The highest BCUT2D eigenvalue weighted by molar-refractivity contribution is 6.43. The van der Waals surface area contributed by atoms with Crippen LogP contribution in [0.2, 0.25) is 5.02 Å². The molecule has 0 saturated heterocycles. The Balaban J connectivity index is 2.26. The smallest absolute Gasteiger partial charge is 0.228 e. The Morgan fingerprint density at radius 2 is 2.06 bits per heavy atom. The van der Waals surface area contributed by atoms with Crippen LogP contribution in [0.5, 0.6) is 5.75 Å². The minimum Gasteiger partial charge on any atom is -0.489 e. The molecule has 3 nitrogen and oxygen atoms in total. The van der Waals surface area contributed by atoms with E-state index in [9.17, 15) is 9.59 Å². The SMILES string of the molecule is CC(=O)C(=O)c1ccc(Cl)c(OC2CC2)c1. The number of ether oxygens (including phenoxy) is 1. The molecule has 0 radical (unpaired) electrons. The third kappa shape index (κ3) is 2.42. The first kappa shape index (κ1) is 11.1. The van der Waals surface area contributed by atoms with Gasteiger partial charge in [-0.2, -0.15) is 0 Å². The van der Waals surface area contributed by atoms with Gasteiger partial charge < -0.3 is 4.74 Å². The maximum Gasteiger partial charge on any atom is 0.228 e. The quantitative estimate of drug-likeness (QED) is 0.598. The zero-order valence-electron chi connectivity index (χ0n) is 8.83. The van der Waals surface area contributed by atoms with E-state index in [0.29, 0.717) is 16.3 Å². The number of benzene rings is 1. The molecule has 0 N–H and O–H groups in total. The fourth-order valence-corrected chi connectivity index (χ4v) is 1.47. The molecule has 0 spiro atoms. The van der Waals surface area contributed by atoms with Crippen molar-refractivity contribution in [1.82, 2.24) is 0 Å². The fraction of sp³-hybridized carbons (Fsp3) is 0.333. The zero-order valence-corrected chi connectivity index (χ0v) is 9.58. The molecule has 1 aliphatic rings. The maximum atomic E-state index is 11.5. The Morgan fingerprint density at radius 3 is 2.62 bits per heavy atom. The highest BCUT2D eigenvalue weighted by Crippen LogP contribution is 2.32. The Kier molecular flexibility index (Phi) is 2.97. The van der Waals surface area contributed by atoms with Crippen LogP contribution in [-0.2, 0) is 4.79 Å². The highest BCUT2D eigenvalue weighted by atomic mass is 35.5. The van der Waals surface area contributed by atoms with E-state index in [1.54, 1.807) is 6.07 Å². The molecular formula is C12H11ClO3. The minimum absolute atomic E-state index is 0.209. The summed E-state index contributed by atoms with van der Waals surface area (Å²) >= 11 is 5.93. The Hall–Kier alpha value is -1.35. The lowest BCUT2D eigenvalue weighted by atomic mass is 10.1. The van der Waals surface area contributed by atoms with Gasteiger partial charge in [0.25, 0.3) is 0 Å². The first-order chi connectivity index (χ1) is 7.58. The van der Waals surface area contributed by atoms with E-state index in [1.807, 2.05) is 0 Å². The molecule has 0 heterocycles. The average molecular weight is 239 g/mol. The van der Waals surface area contributed by atoms with E-state index < -0.39 is 11.6 Å². The Morgan fingerprint density at radius 1 is 1.38 bits per heavy atom. The van der Waals surface area contributed by atoms with Gasteiger partial charge in [-0.05, 0) is 31.0 Å². The van der Waals surface area contributed by atoms with Gasteiger partial charge in [0.1, 0.15) is 5.75 Å². The second-order valence-electron chi connectivity index (χ2n) is 3.85. The molecular weight excluding hydrogens is 228 g/mol. The number of ketones is 2. The molecule has 1 fully saturated rings. The molecule has 0 unspecified atom stereocenters. The van der Waals surface area contributed by atoms with E-state index in [0.717, 1.165) is 12.8 Å². The summed E-state index contributed by atoms with van der Waals surface area (Å²) in [5.41, 5.74) is 0.326. The predicted molar refractivity (Wildman–Crippen MR) is 60.1 cm³/mol. The van der Waals surface area contributed by atoms with E-state index in [2.05, 4.69) is 0 Å². The van der Waals surface area contributed by atoms with Crippen LogP contribution < -0.4 is 4.74 Å². The molecule has 16 heavy (non-hydrogen) atoms. The Labute approximate surface area is 98.4 Å². The van der Waals surface area contributed by atoms with Gasteiger partial charge in [-0.3, -0.25) is 9.59 Å². The average Bonchev–Trinajstić information content (AvgIpc) is 3.04. The van der Waals surface area contributed by atoms with Crippen LogP contribution >= 0.6 is 11.6 Å². The number of carbonyl (C=O) groups is 2. The van der Waals surface area contributed by atoms with Crippen molar-refractivity contribution in [2.75, 3.05) is 0 Å². The summed E-state index contributed by atoms with van der Waals surface area (Å²) in [6.07, 6.45) is 2.24. The summed E-state index contributed by atoms with van der Waals surface area (Å²) in [4.78, 5) is 22.4. The van der Waals surface area contributed by atoms with Crippen molar-refractivity contribution in [2.24, 2.45) is 0 Å². The summed E-state index contributed by atoms with van der Waals surface area (Å²) in [5, 5.41) is 0.465. The summed E-state index contributed by atoms with van der Waals surface area (Å²) in [5.74, 6) is -0.520. The number of carbonyl (C=O) groups excluding carboxylic acids is 2. The van der Waals surface area contributed by atoms with Crippen LogP contribution in [0.15, 0.2) is 18.2 Å². The van der Waals surface area contributed by atoms with Crippen LogP contribution in [-0.4, -0.2) is 17.7 Å². The minimum atomic E-state index is -0.516. The molecule has 1 aliphatic carbocycles. The molecule has 0 amide bonds. The summed E-state index contributed by atoms with van der Waals surface area (Å²) in [6.45, 7) is 1.25. The van der Waals surface area contributed by atoms with E-state index in [1.165, 1.54) is 19.1 Å². The van der Waals surface area contributed by atoms with Gasteiger partial charge in [0.2, 0.25) is 5.78 Å². The van der Waals surface area contributed by atoms with Crippen molar-refractivity contribution in [3.8, 4) is 5.75 Å². The van der Waals surface area contributed by atoms with Crippen LogP contribution in [0.1, 0.15) is 30.1 Å². The third-order valence-electron chi connectivity index (χ3n) is 2.33. The van der Waals surface area contributed by atoms with Crippen LogP contribution in [0.4, 0.5) is 0 Å². The first-order valence-electron chi connectivity index (χ1n) is 5.09. The molecule has 0 bridgehead atoms. The molecule has 0 aromatic heterocycles. The normalized spacial score (nSPS) is 14.6. The van der Waals surface area contributed by atoms with Gasteiger partial charge in [0.05, 0.1) is 11.1 Å². The predicted octanol–water partition coefficient (Wildman–Crippen LogP) is 2.65. The second-order valence-corrected chi connectivity index (χ2v) is 4.25. The van der Waals surface area contributed by atoms with Crippen molar-refractivity contribution in [2.45, 2.75) is 25.9 Å². The number of Topliss-reactive ketones (excluding diaryl/α,β-unsaturated/α-hetero) is 2. The van der Waals surface area contributed by atoms with Gasteiger partial charge in [0, 0.05) is 12.5 Å². The molecule has 1 aromatic rings. The lowest BCUT2D eigenvalue weighted by Gasteiger charge is -2.07. The van der Waals surface area contributed by atoms with Gasteiger partial charge in [-0.15, -0.1) is 0 Å². The molecule has 0 aliphatic heterocycles. The van der Waals surface area contributed by atoms with Gasteiger partial charge in [-0.25, -0.2) is 0 Å². The third-order valence-corrected chi connectivity index (χ3v) is 2.64. The van der Waals surface area contributed by atoms with Gasteiger partial charge in [0.15, 0.2) is 5.78 Å². The molecule has 1 aromatic carbocycles. The van der Waals surface area contributed by atoms with Crippen molar-refractivity contribution >= 4 is 23.2 Å². The zero-order chi connectivity index (χ0) is 11.7. The monoisotopic (exact) mass is 238 g/mol. The van der Waals surface area contributed by atoms with Crippen molar-refractivity contribution in [1.29, 1.82) is 0 Å². The number of rotatable bonds is 4. The van der Waals surface area contributed by atoms with E-state index in [-0.39, 0.29) is 6.10 Å². The molecule has 4 heteroatoms. The molecule has 1 saturated carbocycles. The van der Waals surface area contributed by atoms with Crippen LogP contribution in [0.25, 0.3) is 0 Å². The molecule has 2 rings (SSSR count). The largest absolute Gasteiger partial charge is 0.489 e. The van der Waals surface area contributed by atoms with Crippen LogP contribution in [0.3, 0.4) is 0 Å². The maximum absolute atomic E-state index is 11.5. The Bertz CT molecular complexity index is 450. The lowest BCUT2D eigenvalue weighted by molar-refractivity contribution is -0.113. The van der Waals surface area contributed by atoms with E-state index in [4.69, 9.17) is 16.3 Å². The van der Waals surface area contributed by atoms with Crippen LogP contribution in [0, 0.1) is 0 Å². The number of hydrogen-bond acceptors (Lipinski definition) is 3. The second kappa shape index (κ2) is 4.26. The van der Waals surface area contributed by atoms with E-state index >= 15 is 0 Å². The fourth-order valence-electron chi connectivity index (χ4n) is 1.30. The summed E-state index contributed by atoms with van der Waals surface area (Å²) < 4.78 is 5.53.